The molecule has 4 rings (SSSR count). The van der Waals surface area contributed by atoms with Crippen LogP contribution in [0.15, 0.2) is 46.8 Å². The highest BCUT2D eigenvalue weighted by Crippen LogP contribution is 2.33. The molecule has 2 amide bonds. The lowest BCUT2D eigenvalue weighted by atomic mass is 10.2. The number of thioether (sulfide) groups is 1. The van der Waals surface area contributed by atoms with Crippen molar-refractivity contribution >= 4 is 57.3 Å². The SMILES string of the molecule is O=C(CSc1nnc(NC(=O)c2ccccc2Cl)s1)Nc1ccc2c(c1)OCCO2. The number of hydrogen-bond donors (Lipinski definition) is 2. The van der Waals surface area contributed by atoms with Gasteiger partial charge in [-0.1, -0.05) is 46.8 Å². The van der Waals surface area contributed by atoms with Crippen LogP contribution in [0.4, 0.5) is 10.8 Å². The Morgan fingerprint density at radius 1 is 1.07 bits per heavy atom. The summed E-state index contributed by atoms with van der Waals surface area (Å²) < 4.78 is 11.5. The number of amides is 2. The van der Waals surface area contributed by atoms with Crippen LogP contribution in [0.1, 0.15) is 10.4 Å². The van der Waals surface area contributed by atoms with E-state index in [0.29, 0.717) is 50.5 Å². The molecule has 3 aromatic rings. The van der Waals surface area contributed by atoms with Gasteiger partial charge in [0, 0.05) is 11.8 Å². The smallest absolute Gasteiger partial charge is 0.259 e. The molecule has 154 valence electrons. The second-order valence-corrected chi connectivity index (χ2v) is 8.61. The van der Waals surface area contributed by atoms with E-state index in [1.54, 1.807) is 42.5 Å². The molecule has 0 aliphatic carbocycles. The minimum atomic E-state index is -0.371. The summed E-state index contributed by atoms with van der Waals surface area (Å²) in [6.45, 7) is 0.991. The zero-order chi connectivity index (χ0) is 20.9. The maximum absolute atomic E-state index is 12.3. The summed E-state index contributed by atoms with van der Waals surface area (Å²) in [5, 5.41) is 14.1. The molecule has 1 aliphatic rings. The van der Waals surface area contributed by atoms with Crippen molar-refractivity contribution in [2.75, 3.05) is 29.6 Å². The fraction of sp³-hybridized carbons (Fsp3) is 0.158. The largest absolute Gasteiger partial charge is 0.486 e. The Hall–Kier alpha value is -2.82. The van der Waals surface area contributed by atoms with Gasteiger partial charge >= 0.3 is 0 Å². The fourth-order valence-corrected chi connectivity index (χ4v) is 4.34. The van der Waals surface area contributed by atoms with Crippen LogP contribution in [0.3, 0.4) is 0 Å². The van der Waals surface area contributed by atoms with E-state index in [-0.39, 0.29) is 17.6 Å². The monoisotopic (exact) mass is 462 g/mol. The molecule has 0 fully saturated rings. The number of carbonyl (C=O) groups excluding carboxylic acids is 2. The predicted molar refractivity (Wildman–Crippen MR) is 116 cm³/mol. The number of nitrogens with one attached hydrogen (secondary N) is 2. The summed E-state index contributed by atoms with van der Waals surface area (Å²) in [6.07, 6.45) is 0. The molecular weight excluding hydrogens is 448 g/mol. The Kier molecular flexibility index (Phi) is 6.36. The van der Waals surface area contributed by atoms with Crippen LogP contribution in [0.2, 0.25) is 5.02 Å². The molecule has 0 atom stereocenters. The standard InChI is InChI=1S/C19H15ClN4O4S2/c20-13-4-2-1-3-12(13)17(26)22-18-23-24-19(30-18)29-10-16(25)21-11-5-6-14-15(9-11)28-8-7-27-14/h1-6,9H,7-8,10H2,(H,21,25)(H,22,23,26). The maximum atomic E-state index is 12.3. The Morgan fingerprint density at radius 2 is 1.87 bits per heavy atom. The van der Waals surface area contributed by atoms with Crippen molar-refractivity contribution in [3.05, 3.63) is 53.1 Å². The summed E-state index contributed by atoms with van der Waals surface area (Å²) in [5.41, 5.74) is 0.970. The second-order valence-electron chi connectivity index (χ2n) is 6.00. The Morgan fingerprint density at radius 3 is 2.70 bits per heavy atom. The average Bonchev–Trinajstić information content (AvgIpc) is 3.20. The van der Waals surface area contributed by atoms with E-state index < -0.39 is 0 Å². The van der Waals surface area contributed by atoms with Gasteiger partial charge in [0.1, 0.15) is 13.2 Å². The average molecular weight is 463 g/mol. The molecule has 30 heavy (non-hydrogen) atoms. The normalized spacial score (nSPS) is 12.3. The van der Waals surface area contributed by atoms with Crippen molar-refractivity contribution in [3.8, 4) is 11.5 Å². The van der Waals surface area contributed by atoms with Gasteiger partial charge in [-0.2, -0.15) is 0 Å². The van der Waals surface area contributed by atoms with Gasteiger partial charge < -0.3 is 14.8 Å². The minimum absolute atomic E-state index is 0.140. The number of benzene rings is 2. The van der Waals surface area contributed by atoms with Crippen molar-refractivity contribution in [3.63, 3.8) is 0 Å². The van der Waals surface area contributed by atoms with Gasteiger partial charge in [-0.05, 0) is 24.3 Å². The highest BCUT2D eigenvalue weighted by atomic mass is 35.5. The Labute approximate surface area is 184 Å². The quantitative estimate of drug-likeness (QED) is 0.422. The summed E-state index contributed by atoms with van der Waals surface area (Å²) >= 11 is 8.42. The first-order valence-electron chi connectivity index (χ1n) is 8.80. The highest BCUT2D eigenvalue weighted by molar-refractivity contribution is 8.01. The van der Waals surface area contributed by atoms with E-state index >= 15 is 0 Å². The van der Waals surface area contributed by atoms with Crippen LogP contribution in [0.25, 0.3) is 0 Å². The van der Waals surface area contributed by atoms with E-state index in [9.17, 15) is 9.59 Å². The first-order valence-corrected chi connectivity index (χ1v) is 11.0. The first kappa shape index (κ1) is 20.5. The summed E-state index contributed by atoms with van der Waals surface area (Å²) in [4.78, 5) is 24.5. The van der Waals surface area contributed by atoms with Crippen LogP contribution in [0, 0.1) is 0 Å². The molecule has 0 saturated carbocycles. The number of anilines is 2. The Balaban J connectivity index is 1.29. The zero-order valence-corrected chi connectivity index (χ0v) is 17.8. The van der Waals surface area contributed by atoms with E-state index in [0.717, 1.165) is 0 Å². The van der Waals surface area contributed by atoms with Gasteiger partial charge in [-0.3, -0.25) is 14.9 Å². The molecule has 2 aromatic carbocycles. The van der Waals surface area contributed by atoms with Crippen LogP contribution in [-0.2, 0) is 4.79 Å². The number of halogens is 1. The van der Waals surface area contributed by atoms with Crippen molar-refractivity contribution < 1.29 is 19.1 Å². The molecule has 0 spiro atoms. The molecule has 0 bridgehead atoms. The number of nitrogens with zero attached hydrogens (tertiary/aromatic N) is 2. The molecular formula is C19H15ClN4O4S2. The predicted octanol–water partition coefficient (Wildman–Crippen LogP) is 3.95. The fourth-order valence-electron chi connectivity index (χ4n) is 2.57. The third kappa shape index (κ3) is 5.02. The van der Waals surface area contributed by atoms with Crippen molar-refractivity contribution in [2.24, 2.45) is 0 Å². The molecule has 8 nitrogen and oxygen atoms in total. The molecule has 11 heteroatoms. The topological polar surface area (TPSA) is 102 Å². The van der Waals surface area contributed by atoms with Crippen molar-refractivity contribution in [2.45, 2.75) is 4.34 Å². The highest BCUT2D eigenvalue weighted by Gasteiger charge is 2.15. The molecule has 1 aromatic heterocycles. The maximum Gasteiger partial charge on any atom is 0.259 e. The van der Waals surface area contributed by atoms with Crippen molar-refractivity contribution in [1.82, 2.24) is 10.2 Å². The van der Waals surface area contributed by atoms with E-state index in [2.05, 4.69) is 20.8 Å². The molecule has 0 saturated heterocycles. The van der Waals surface area contributed by atoms with Gasteiger partial charge in [-0.25, -0.2) is 0 Å². The van der Waals surface area contributed by atoms with Crippen LogP contribution < -0.4 is 20.1 Å². The molecule has 0 radical (unpaired) electrons. The van der Waals surface area contributed by atoms with Gasteiger partial charge in [0.15, 0.2) is 15.8 Å². The molecule has 2 N–H and O–H groups in total. The summed E-state index contributed by atoms with van der Waals surface area (Å²) in [5.74, 6) is 0.836. The minimum Gasteiger partial charge on any atom is -0.486 e. The third-order valence-electron chi connectivity index (χ3n) is 3.90. The van der Waals surface area contributed by atoms with E-state index in [1.165, 1.54) is 23.1 Å². The lowest BCUT2D eigenvalue weighted by Crippen LogP contribution is -2.17. The van der Waals surface area contributed by atoms with Gasteiger partial charge in [-0.15, -0.1) is 10.2 Å². The molecule has 1 aliphatic heterocycles. The lowest BCUT2D eigenvalue weighted by Gasteiger charge is -2.18. The van der Waals surface area contributed by atoms with Crippen LogP contribution in [-0.4, -0.2) is 41.0 Å². The van der Waals surface area contributed by atoms with E-state index in [1.807, 2.05) is 0 Å². The molecule has 0 unspecified atom stereocenters. The van der Waals surface area contributed by atoms with Gasteiger partial charge in [0.05, 0.1) is 16.3 Å². The number of rotatable bonds is 6. The molecule has 2 heterocycles. The van der Waals surface area contributed by atoms with Crippen LogP contribution >= 0.6 is 34.7 Å². The number of carbonyl (C=O) groups is 2. The van der Waals surface area contributed by atoms with Gasteiger partial charge in [0.25, 0.3) is 5.91 Å². The lowest BCUT2D eigenvalue weighted by molar-refractivity contribution is -0.113. The number of aromatic nitrogens is 2. The van der Waals surface area contributed by atoms with Crippen molar-refractivity contribution in [1.29, 1.82) is 0 Å². The number of ether oxygens (including phenoxy) is 2. The zero-order valence-electron chi connectivity index (χ0n) is 15.4. The third-order valence-corrected chi connectivity index (χ3v) is 6.20. The van der Waals surface area contributed by atoms with Crippen LogP contribution in [0.5, 0.6) is 11.5 Å². The number of fused-ring (bicyclic) bond motifs is 1. The number of hydrogen-bond acceptors (Lipinski definition) is 8. The second kappa shape index (κ2) is 9.33. The first-order chi connectivity index (χ1) is 14.6. The van der Waals surface area contributed by atoms with Gasteiger partial charge in [0.2, 0.25) is 11.0 Å². The van der Waals surface area contributed by atoms with E-state index in [4.69, 9.17) is 21.1 Å². The summed E-state index contributed by atoms with van der Waals surface area (Å²) in [6, 6.07) is 12.0. The summed E-state index contributed by atoms with van der Waals surface area (Å²) in [7, 11) is 0. The Bertz CT molecular complexity index is 1090.